The standard InChI is InChI=1S/C20H15O2P/c21-17-11-9-13-5-1-3-7-15(13)19(17)20-16-8-4-2-6-14(16)10-12-18(20)22-23/h1-12,21H,23H2. The van der Waals surface area contributed by atoms with Crippen molar-refractivity contribution < 1.29 is 9.63 Å². The lowest BCUT2D eigenvalue weighted by Gasteiger charge is -2.15. The van der Waals surface area contributed by atoms with Gasteiger partial charge < -0.3 is 9.63 Å². The highest BCUT2D eigenvalue weighted by molar-refractivity contribution is 7.10. The van der Waals surface area contributed by atoms with Crippen molar-refractivity contribution in [2.75, 3.05) is 0 Å². The van der Waals surface area contributed by atoms with Crippen molar-refractivity contribution in [1.82, 2.24) is 0 Å². The molecule has 0 heterocycles. The number of rotatable bonds is 2. The van der Waals surface area contributed by atoms with Crippen LogP contribution in [-0.2, 0) is 0 Å². The van der Waals surface area contributed by atoms with Crippen molar-refractivity contribution in [3.05, 3.63) is 72.8 Å². The second-order valence-electron chi connectivity index (χ2n) is 5.46. The fourth-order valence-corrected chi connectivity index (χ4v) is 3.33. The Hall–Kier alpha value is -2.57. The van der Waals surface area contributed by atoms with Gasteiger partial charge in [-0.1, -0.05) is 60.7 Å². The summed E-state index contributed by atoms with van der Waals surface area (Å²) >= 11 is 0. The van der Waals surface area contributed by atoms with Crippen molar-refractivity contribution >= 4 is 31.0 Å². The van der Waals surface area contributed by atoms with E-state index in [2.05, 4.69) is 21.6 Å². The molecule has 0 aliphatic carbocycles. The Balaban J connectivity index is 2.21. The summed E-state index contributed by atoms with van der Waals surface area (Å²) in [6.07, 6.45) is 0. The van der Waals surface area contributed by atoms with E-state index in [1.165, 1.54) is 0 Å². The zero-order valence-electron chi connectivity index (χ0n) is 12.4. The van der Waals surface area contributed by atoms with E-state index in [4.69, 9.17) is 4.52 Å². The Morgan fingerprint density at radius 2 is 1.22 bits per heavy atom. The van der Waals surface area contributed by atoms with E-state index in [9.17, 15) is 5.11 Å². The number of hydrogen-bond donors (Lipinski definition) is 1. The van der Waals surface area contributed by atoms with E-state index >= 15 is 0 Å². The molecule has 0 aromatic heterocycles. The molecule has 112 valence electrons. The molecule has 0 radical (unpaired) electrons. The second kappa shape index (κ2) is 5.57. The first-order valence-corrected chi connectivity index (χ1v) is 7.86. The minimum absolute atomic E-state index is 0.253. The SMILES string of the molecule is Oc1ccc2ccccc2c1-c1c(OP)ccc2ccccc12. The summed E-state index contributed by atoms with van der Waals surface area (Å²) in [5, 5.41) is 14.8. The van der Waals surface area contributed by atoms with Crippen LogP contribution >= 0.6 is 9.47 Å². The third kappa shape index (κ3) is 2.23. The van der Waals surface area contributed by atoms with Crippen LogP contribution < -0.4 is 4.52 Å². The molecule has 0 fully saturated rings. The molecule has 0 bridgehead atoms. The van der Waals surface area contributed by atoms with Crippen LogP contribution in [0.5, 0.6) is 11.5 Å². The predicted octanol–water partition coefficient (Wildman–Crippen LogP) is 5.53. The van der Waals surface area contributed by atoms with Gasteiger partial charge in [-0.3, -0.25) is 0 Å². The first-order valence-electron chi connectivity index (χ1n) is 7.39. The molecule has 1 atom stereocenters. The maximum Gasteiger partial charge on any atom is 0.131 e. The lowest BCUT2D eigenvalue weighted by molar-refractivity contribution is 0.478. The highest BCUT2D eigenvalue weighted by Gasteiger charge is 2.17. The van der Waals surface area contributed by atoms with Gasteiger partial charge in [0, 0.05) is 11.1 Å². The van der Waals surface area contributed by atoms with E-state index < -0.39 is 0 Å². The monoisotopic (exact) mass is 318 g/mol. The van der Waals surface area contributed by atoms with Gasteiger partial charge in [0.25, 0.3) is 0 Å². The molecule has 4 rings (SSSR count). The van der Waals surface area contributed by atoms with Gasteiger partial charge >= 0.3 is 0 Å². The quantitative estimate of drug-likeness (QED) is 0.492. The molecule has 23 heavy (non-hydrogen) atoms. The molecular formula is C20H15O2P. The Labute approximate surface area is 136 Å². The fraction of sp³-hybridized carbons (Fsp3) is 0. The Morgan fingerprint density at radius 1 is 0.652 bits per heavy atom. The summed E-state index contributed by atoms with van der Waals surface area (Å²) in [5.41, 5.74) is 1.71. The number of phenols is 1. The van der Waals surface area contributed by atoms with Crippen molar-refractivity contribution in [2.45, 2.75) is 0 Å². The largest absolute Gasteiger partial charge is 0.507 e. The summed E-state index contributed by atoms with van der Waals surface area (Å²) in [7, 11) is 2.30. The van der Waals surface area contributed by atoms with Crippen LogP contribution in [0.1, 0.15) is 0 Å². The van der Waals surface area contributed by atoms with E-state index in [0.717, 1.165) is 38.4 Å². The Morgan fingerprint density at radius 3 is 1.87 bits per heavy atom. The molecule has 4 aromatic rings. The first-order chi connectivity index (χ1) is 11.3. The first kappa shape index (κ1) is 14.0. The van der Waals surface area contributed by atoms with Gasteiger partial charge in [0.05, 0.1) is 9.47 Å². The van der Waals surface area contributed by atoms with E-state index in [0.29, 0.717) is 0 Å². The van der Waals surface area contributed by atoms with Crippen LogP contribution in [-0.4, -0.2) is 5.11 Å². The molecule has 4 aromatic carbocycles. The lowest BCUT2D eigenvalue weighted by Crippen LogP contribution is -1.89. The lowest BCUT2D eigenvalue weighted by atomic mass is 9.92. The van der Waals surface area contributed by atoms with Crippen LogP contribution in [0.25, 0.3) is 32.7 Å². The summed E-state index contributed by atoms with van der Waals surface area (Å²) in [5.74, 6) is 0.976. The molecule has 0 aliphatic heterocycles. The Kier molecular flexibility index (Phi) is 3.40. The van der Waals surface area contributed by atoms with E-state index in [-0.39, 0.29) is 5.75 Å². The molecule has 0 aliphatic rings. The fourth-order valence-electron chi connectivity index (χ4n) is 3.13. The number of benzene rings is 4. The Bertz CT molecular complexity index is 1020. The highest BCUT2D eigenvalue weighted by atomic mass is 31.0. The maximum atomic E-state index is 10.6. The molecule has 1 unspecified atom stereocenters. The van der Waals surface area contributed by atoms with Gasteiger partial charge in [0.1, 0.15) is 11.5 Å². The third-order valence-electron chi connectivity index (χ3n) is 4.17. The van der Waals surface area contributed by atoms with Crippen LogP contribution in [0.15, 0.2) is 72.8 Å². The van der Waals surface area contributed by atoms with E-state index in [1.807, 2.05) is 54.6 Å². The van der Waals surface area contributed by atoms with Gasteiger partial charge in [0.2, 0.25) is 0 Å². The van der Waals surface area contributed by atoms with E-state index in [1.54, 1.807) is 6.07 Å². The van der Waals surface area contributed by atoms with Crippen molar-refractivity contribution in [3.8, 4) is 22.6 Å². The molecule has 1 N–H and O–H groups in total. The van der Waals surface area contributed by atoms with Gasteiger partial charge in [-0.05, 0) is 33.7 Å². The predicted molar refractivity (Wildman–Crippen MR) is 98.9 cm³/mol. The number of aromatic hydroxyl groups is 1. The summed E-state index contributed by atoms with van der Waals surface area (Å²) < 4.78 is 5.52. The van der Waals surface area contributed by atoms with Crippen molar-refractivity contribution in [1.29, 1.82) is 0 Å². The molecule has 0 saturated carbocycles. The minimum Gasteiger partial charge on any atom is -0.507 e. The molecule has 2 nitrogen and oxygen atoms in total. The average Bonchev–Trinajstić information content (AvgIpc) is 2.61. The van der Waals surface area contributed by atoms with Gasteiger partial charge in [-0.2, -0.15) is 0 Å². The summed E-state index contributed by atoms with van der Waals surface area (Å²) in [6, 6.07) is 23.8. The molecule has 0 saturated heterocycles. The topological polar surface area (TPSA) is 29.5 Å². The van der Waals surface area contributed by atoms with Crippen LogP contribution in [0, 0.1) is 0 Å². The van der Waals surface area contributed by atoms with Gasteiger partial charge in [0.15, 0.2) is 0 Å². The number of fused-ring (bicyclic) bond motifs is 2. The zero-order valence-corrected chi connectivity index (χ0v) is 13.5. The minimum atomic E-state index is 0.253. The van der Waals surface area contributed by atoms with Gasteiger partial charge in [-0.25, -0.2) is 0 Å². The third-order valence-corrected chi connectivity index (χ3v) is 4.43. The smallest absolute Gasteiger partial charge is 0.131 e. The van der Waals surface area contributed by atoms with Gasteiger partial charge in [-0.15, -0.1) is 0 Å². The van der Waals surface area contributed by atoms with Crippen LogP contribution in [0.2, 0.25) is 0 Å². The van der Waals surface area contributed by atoms with Crippen molar-refractivity contribution in [2.24, 2.45) is 0 Å². The van der Waals surface area contributed by atoms with Crippen LogP contribution in [0.3, 0.4) is 0 Å². The molecule has 0 spiro atoms. The maximum absolute atomic E-state index is 10.6. The van der Waals surface area contributed by atoms with Crippen molar-refractivity contribution in [3.63, 3.8) is 0 Å². The van der Waals surface area contributed by atoms with Crippen LogP contribution in [0.4, 0.5) is 0 Å². The number of phenolic OH excluding ortho intramolecular Hbond substituents is 1. The molecule has 0 amide bonds. The summed E-state index contributed by atoms with van der Waals surface area (Å²) in [6.45, 7) is 0. The average molecular weight is 318 g/mol. The molecule has 3 heteroatoms. The second-order valence-corrected chi connectivity index (χ2v) is 5.69. The normalized spacial score (nSPS) is 11.0. The zero-order chi connectivity index (χ0) is 15.8. The molecular weight excluding hydrogens is 303 g/mol. The summed E-state index contributed by atoms with van der Waals surface area (Å²) in [4.78, 5) is 0. The number of hydrogen-bond acceptors (Lipinski definition) is 2. The highest BCUT2D eigenvalue weighted by Crippen LogP contribution is 2.45.